The van der Waals surface area contributed by atoms with E-state index in [1.807, 2.05) is 26.2 Å². The van der Waals surface area contributed by atoms with Gasteiger partial charge in [-0.1, -0.05) is 17.7 Å². The highest BCUT2D eigenvalue weighted by Gasteiger charge is 2.39. The summed E-state index contributed by atoms with van der Waals surface area (Å²) in [6.45, 7) is 5.82. The van der Waals surface area contributed by atoms with Crippen molar-refractivity contribution in [3.8, 4) is 5.75 Å². The van der Waals surface area contributed by atoms with Gasteiger partial charge in [0.25, 0.3) is 5.91 Å². The van der Waals surface area contributed by atoms with Gasteiger partial charge in [0.1, 0.15) is 17.2 Å². The van der Waals surface area contributed by atoms with Crippen LogP contribution in [0.25, 0.3) is 0 Å². The first-order chi connectivity index (χ1) is 15.2. The van der Waals surface area contributed by atoms with E-state index in [9.17, 15) is 9.18 Å². The number of ether oxygens (including phenoxy) is 1. The molecule has 3 aromatic rings. The number of para-hydroxylation sites is 1. The maximum atomic E-state index is 14.3. The molecular formula is C22H21ClFN5O2S. The number of nitrogens with one attached hydrogen (secondary N) is 4. The van der Waals surface area contributed by atoms with E-state index in [2.05, 4.69) is 26.3 Å². The van der Waals surface area contributed by atoms with Crippen molar-refractivity contribution in [2.24, 2.45) is 0 Å². The minimum Gasteiger partial charge on any atom is -0.486 e. The van der Waals surface area contributed by atoms with Gasteiger partial charge in [-0.2, -0.15) is 0 Å². The van der Waals surface area contributed by atoms with E-state index in [0.29, 0.717) is 22.9 Å². The zero-order valence-corrected chi connectivity index (χ0v) is 19.2. The van der Waals surface area contributed by atoms with Crippen LogP contribution in [0.5, 0.6) is 5.75 Å². The summed E-state index contributed by atoms with van der Waals surface area (Å²) in [7, 11) is 0. The Morgan fingerprint density at radius 1 is 1.38 bits per heavy atom. The molecule has 2 aliphatic rings. The summed E-state index contributed by atoms with van der Waals surface area (Å²) in [6.07, 6.45) is 0.0939. The number of carbonyl (C=O) groups excluding carboxylic acids is 1. The second-order valence-electron chi connectivity index (χ2n) is 8.40. The van der Waals surface area contributed by atoms with Crippen LogP contribution in [0, 0.1) is 12.7 Å². The monoisotopic (exact) mass is 473 g/mol. The second-order valence-corrected chi connectivity index (χ2v) is 9.67. The minimum absolute atomic E-state index is 0.192. The molecule has 0 saturated heterocycles. The van der Waals surface area contributed by atoms with Crippen molar-refractivity contribution in [2.45, 2.75) is 39.1 Å². The molecule has 0 fully saturated rings. The summed E-state index contributed by atoms with van der Waals surface area (Å²) in [4.78, 5) is 17.4. The number of hydrogen-bond donors (Lipinski definition) is 4. The van der Waals surface area contributed by atoms with E-state index in [-0.39, 0.29) is 16.6 Å². The first-order valence-corrected chi connectivity index (χ1v) is 11.3. The number of halogens is 2. The van der Waals surface area contributed by atoms with Gasteiger partial charge in [-0.05, 0) is 39.0 Å². The van der Waals surface area contributed by atoms with Gasteiger partial charge in [0.2, 0.25) is 0 Å². The number of benzene rings is 2. The Bertz CT molecular complexity index is 1230. The third-order valence-electron chi connectivity index (χ3n) is 5.28. The van der Waals surface area contributed by atoms with Crippen LogP contribution in [0.15, 0.2) is 29.6 Å². The molecule has 10 heteroatoms. The molecule has 1 unspecified atom stereocenters. The fraction of sp³-hybridized carbons (Fsp3) is 0.273. The van der Waals surface area contributed by atoms with Gasteiger partial charge in [-0.25, -0.2) is 9.37 Å². The summed E-state index contributed by atoms with van der Waals surface area (Å²) < 4.78 is 20.4. The quantitative estimate of drug-likeness (QED) is 0.403. The summed E-state index contributed by atoms with van der Waals surface area (Å²) in [5.74, 6) is -0.213. The maximum absolute atomic E-state index is 14.3. The topological polar surface area (TPSA) is 87.3 Å². The molecule has 2 aromatic carbocycles. The first-order valence-electron chi connectivity index (χ1n) is 10.1. The smallest absolute Gasteiger partial charge is 0.261 e. The van der Waals surface area contributed by atoms with E-state index in [1.54, 1.807) is 18.2 Å². The molecule has 0 saturated carbocycles. The van der Waals surface area contributed by atoms with Crippen LogP contribution in [0.2, 0.25) is 5.02 Å². The number of aryl methyl sites for hydroxylation is 1. The zero-order valence-electron chi connectivity index (χ0n) is 17.6. The van der Waals surface area contributed by atoms with Crippen molar-refractivity contribution in [2.75, 3.05) is 21.3 Å². The number of rotatable bonds is 4. The van der Waals surface area contributed by atoms with Crippen LogP contribution >= 0.6 is 22.9 Å². The number of aromatic nitrogens is 1. The minimum atomic E-state index is -0.521. The van der Waals surface area contributed by atoms with Crippen LogP contribution in [-0.2, 0) is 6.42 Å². The Kier molecular flexibility index (Phi) is 4.90. The molecule has 3 heterocycles. The van der Waals surface area contributed by atoms with Gasteiger partial charge < -0.3 is 20.7 Å². The molecule has 5 rings (SSSR count). The molecule has 0 radical (unpaired) electrons. The number of nitrogens with zero attached hydrogens (tertiary/aromatic N) is 1. The lowest BCUT2D eigenvalue weighted by atomic mass is 9.97. The molecule has 1 aromatic heterocycles. The van der Waals surface area contributed by atoms with Crippen LogP contribution in [0.3, 0.4) is 0 Å². The summed E-state index contributed by atoms with van der Waals surface area (Å²) in [6, 6.07) is 6.25. The Labute approximate surface area is 193 Å². The van der Waals surface area contributed by atoms with Crippen LogP contribution in [-0.4, -0.2) is 22.8 Å². The Hall–Kier alpha value is -3.04. The second kappa shape index (κ2) is 7.53. The lowest BCUT2D eigenvalue weighted by molar-refractivity contribution is 0.101. The highest BCUT2D eigenvalue weighted by atomic mass is 35.5. The number of hydrogen-bond acceptors (Lipinski definition) is 7. The molecule has 2 aliphatic heterocycles. The zero-order chi connectivity index (χ0) is 22.6. The van der Waals surface area contributed by atoms with Crippen LogP contribution < -0.4 is 26.0 Å². The number of carbonyl (C=O) groups is 1. The van der Waals surface area contributed by atoms with E-state index in [4.69, 9.17) is 16.3 Å². The molecule has 166 valence electrons. The highest BCUT2D eigenvalue weighted by Crippen LogP contribution is 2.48. The van der Waals surface area contributed by atoms with Gasteiger partial charge >= 0.3 is 0 Å². The largest absolute Gasteiger partial charge is 0.486 e. The van der Waals surface area contributed by atoms with Gasteiger partial charge in [0, 0.05) is 17.4 Å². The predicted octanol–water partition coefficient (Wildman–Crippen LogP) is 5.44. The standard InChI is InChI=1S/C22H21ClFN5O2S/c1-10-9-32-21(25-10)29-19(30)11-7-15-16(12-8-22(2,3)31-18(11)12)27-20(26-15)28-17-13(23)5-4-6-14(17)24/h4-7,9,20,26-28H,8H2,1-3H3,(H,25,29,30). The molecular weight excluding hydrogens is 453 g/mol. The average molecular weight is 474 g/mol. The number of amides is 1. The molecule has 0 aliphatic carbocycles. The van der Waals surface area contributed by atoms with Crippen molar-refractivity contribution in [1.82, 2.24) is 4.98 Å². The van der Waals surface area contributed by atoms with Gasteiger partial charge in [0.05, 0.1) is 33.3 Å². The number of thiazole rings is 1. The fourth-order valence-corrected chi connectivity index (χ4v) is 4.86. The molecule has 0 spiro atoms. The average Bonchev–Trinajstić information content (AvgIpc) is 3.39. The Morgan fingerprint density at radius 2 is 2.19 bits per heavy atom. The first kappa shape index (κ1) is 20.8. The Balaban J connectivity index is 1.47. The maximum Gasteiger partial charge on any atom is 0.261 e. The highest BCUT2D eigenvalue weighted by molar-refractivity contribution is 7.13. The van der Waals surface area contributed by atoms with Crippen molar-refractivity contribution < 1.29 is 13.9 Å². The molecule has 32 heavy (non-hydrogen) atoms. The lowest BCUT2D eigenvalue weighted by Crippen LogP contribution is -2.32. The summed E-state index contributed by atoms with van der Waals surface area (Å²) in [5.41, 5.74) is 3.41. The van der Waals surface area contributed by atoms with Gasteiger partial charge in [0.15, 0.2) is 11.4 Å². The Morgan fingerprint density at radius 3 is 2.91 bits per heavy atom. The van der Waals surface area contributed by atoms with Gasteiger partial charge in [-0.3, -0.25) is 10.1 Å². The molecule has 0 bridgehead atoms. The summed E-state index contributed by atoms with van der Waals surface area (Å²) in [5, 5.41) is 15.2. The van der Waals surface area contributed by atoms with Crippen molar-refractivity contribution in [3.63, 3.8) is 0 Å². The van der Waals surface area contributed by atoms with Gasteiger partial charge in [-0.15, -0.1) is 11.3 Å². The number of anilines is 4. The fourth-order valence-electron chi connectivity index (χ4n) is 3.96. The van der Waals surface area contributed by atoms with Crippen molar-refractivity contribution in [3.05, 3.63) is 57.3 Å². The SMILES string of the molecule is Cc1csc(NC(=O)c2cc3c(c4c2OC(C)(C)C4)NC(Nc2c(F)cccc2Cl)N3)n1. The van der Waals surface area contributed by atoms with Crippen molar-refractivity contribution >= 4 is 51.0 Å². The molecule has 1 amide bonds. The molecule has 4 N–H and O–H groups in total. The molecule has 7 nitrogen and oxygen atoms in total. The van der Waals surface area contributed by atoms with Crippen LogP contribution in [0.4, 0.5) is 26.6 Å². The van der Waals surface area contributed by atoms with E-state index < -0.39 is 17.7 Å². The summed E-state index contributed by atoms with van der Waals surface area (Å²) >= 11 is 7.53. The molecule has 1 atom stereocenters. The lowest BCUT2D eigenvalue weighted by Gasteiger charge is -2.18. The normalized spacial score (nSPS) is 17.6. The van der Waals surface area contributed by atoms with E-state index in [0.717, 1.165) is 22.6 Å². The number of fused-ring (bicyclic) bond motifs is 3. The van der Waals surface area contributed by atoms with Crippen molar-refractivity contribution in [1.29, 1.82) is 0 Å². The predicted molar refractivity (Wildman–Crippen MR) is 126 cm³/mol. The van der Waals surface area contributed by atoms with Crippen LogP contribution in [0.1, 0.15) is 35.5 Å². The van der Waals surface area contributed by atoms with E-state index in [1.165, 1.54) is 17.4 Å². The third-order valence-corrected chi connectivity index (χ3v) is 6.47. The van der Waals surface area contributed by atoms with E-state index >= 15 is 0 Å². The third kappa shape index (κ3) is 3.71.